The minimum Gasteiger partial charge on any atom is -0.481 e. The molecule has 1 aromatic rings. The van der Waals surface area contributed by atoms with E-state index in [-0.39, 0.29) is 18.1 Å². The Kier molecular flexibility index (Phi) is 17.2. The van der Waals surface area contributed by atoms with Crippen molar-refractivity contribution in [2.24, 2.45) is 5.92 Å². The predicted molar refractivity (Wildman–Crippen MR) is 157 cm³/mol. The number of carboxylic acids is 2. The Morgan fingerprint density at radius 2 is 1.60 bits per heavy atom. The Morgan fingerprint density at radius 3 is 2.16 bits per heavy atom. The molecule has 0 aromatic carbocycles. The van der Waals surface area contributed by atoms with Gasteiger partial charge in [-0.25, -0.2) is 4.79 Å². The highest BCUT2D eigenvalue weighted by atomic mass is 16.4. The van der Waals surface area contributed by atoms with Crippen LogP contribution in [0, 0.1) is 5.92 Å². The molecule has 0 bridgehead atoms. The largest absolute Gasteiger partial charge is 0.481 e. The molecule has 2 amide bonds. The topological polar surface area (TPSA) is 225 Å². The van der Waals surface area contributed by atoms with Crippen LogP contribution in [0.5, 0.6) is 0 Å². The third-order valence-electron chi connectivity index (χ3n) is 7.13. The number of carbonyl (C=O) groups is 5. The second kappa shape index (κ2) is 19.7. The van der Waals surface area contributed by atoms with Gasteiger partial charge >= 0.3 is 11.9 Å². The number of nitrogens with one attached hydrogen (secondary N) is 4. The van der Waals surface area contributed by atoms with Crippen molar-refractivity contribution >= 4 is 29.5 Å². The molecule has 0 aliphatic carbocycles. The van der Waals surface area contributed by atoms with E-state index < -0.39 is 60.4 Å². The minimum atomic E-state index is -1.39. The van der Waals surface area contributed by atoms with E-state index in [1.165, 1.54) is 6.92 Å². The number of ketones is 1. The predicted octanol–water partition coefficient (Wildman–Crippen LogP) is -0.138. The van der Waals surface area contributed by atoms with Gasteiger partial charge in [-0.2, -0.15) is 0 Å². The van der Waals surface area contributed by atoms with Gasteiger partial charge in [0.05, 0.1) is 36.3 Å². The highest BCUT2D eigenvalue weighted by Gasteiger charge is 2.30. The van der Waals surface area contributed by atoms with Crippen LogP contribution in [0.3, 0.4) is 0 Å². The molecule has 0 fully saturated rings. The van der Waals surface area contributed by atoms with Crippen molar-refractivity contribution in [1.29, 1.82) is 0 Å². The molecule has 0 radical (unpaired) electrons. The summed E-state index contributed by atoms with van der Waals surface area (Å²) in [5.74, 6) is -3.86. The lowest BCUT2D eigenvalue weighted by atomic mass is 9.92. The van der Waals surface area contributed by atoms with Gasteiger partial charge in [0.2, 0.25) is 11.8 Å². The van der Waals surface area contributed by atoms with Gasteiger partial charge in [0.15, 0.2) is 11.8 Å². The summed E-state index contributed by atoms with van der Waals surface area (Å²) in [5.41, 5.74) is 0.634. The Labute approximate surface area is 252 Å². The average Bonchev–Trinajstić information content (AvgIpc) is 3.40. The SMILES string of the molecule is CCCC(C)C(=O)[C@H](CCc1cn(CCCC[C@H](NC)C(=O)N[C@H](C(=O)O)[C@@H](C)O)nn1)NC(=O)[C@H](CC(=O)O)NCC. The zero-order valence-electron chi connectivity index (χ0n) is 25.8. The van der Waals surface area contributed by atoms with E-state index in [4.69, 9.17) is 0 Å². The van der Waals surface area contributed by atoms with E-state index in [1.807, 2.05) is 13.8 Å². The number of nitrogens with zero attached hydrogens (tertiary/aromatic N) is 3. The van der Waals surface area contributed by atoms with E-state index in [2.05, 4.69) is 31.6 Å². The zero-order chi connectivity index (χ0) is 32.5. The number of aromatic nitrogens is 3. The van der Waals surface area contributed by atoms with Crippen molar-refractivity contribution in [2.45, 2.75) is 116 Å². The van der Waals surface area contributed by atoms with Crippen molar-refractivity contribution in [3.63, 3.8) is 0 Å². The summed E-state index contributed by atoms with van der Waals surface area (Å²) >= 11 is 0. The van der Waals surface area contributed by atoms with Gasteiger partial charge in [-0.1, -0.05) is 32.4 Å². The van der Waals surface area contributed by atoms with E-state index in [1.54, 1.807) is 24.9 Å². The number of unbranched alkanes of at least 4 members (excludes halogenated alkanes) is 1. The Hall–Kier alpha value is -3.43. The molecular weight excluding hydrogens is 562 g/mol. The van der Waals surface area contributed by atoms with Gasteiger partial charge in [-0.05, 0) is 59.0 Å². The molecule has 0 saturated heterocycles. The Balaban J connectivity index is 2.73. The number of hydrogen-bond donors (Lipinski definition) is 7. The maximum atomic E-state index is 13.2. The molecule has 15 nitrogen and oxygen atoms in total. The molecular formula is C28H49N7O8. The number of likely N-dealkylation sites (N-methyl/N-ethyl adjacent to an activating group) is 2. The number of Topliss-reactive ketones (excluding diaryl/α,β-unsaturated/α-hetero) is 1. The number of carbonyl (C=O) groups excluding carboxylic acids is 3. The third-order valence-corrected chi connectivity index (χ3v) is 7.13. The van der Waals surface area contributed by atoms with Crippen LogP contribution < -0.4 is 21.3 Å². The second-order valence-electron chi connectivity index (χ2n) is 10.8. The van der Waals surface area contributed by atoms with Crippen molar-refractivity contribution in [3.8, 4) is 0 Å². The van der Waals surface area contributed by atoms with E-state index in [0.29, 0.717) is 50.9 Å². The van der Waals surface area contributed by atoms with Crippen molar-refractivity contribution in [2.75, 3.05) is 13.6 Å². The number of aliphatic hydroxyl groups excluding tert-OH is 1. The van der Waals surface area contributed by atoms with Crippen LogP contribution in [-0.4, -0.2) is 104 Å². The average molecular weight is 612 g/mol. The van der Waals surface area contributed by atoms with Crippen LogP contribution in [0.25, 0.3) is 0 Å². The molecule has 6 atom stereocenters. The van der Waals surface area contributed by atoms with E-state index in [0.717, 1.165) is 6.42 Å². The third kappa shape index (κ3) is 13.6. The highest BCUT2D eigenvalue weighted by molar-refractivity contribution is 5.93. The van der Waals surface area contributed by atoms with Crippen LogP contribution in [0.1, 0.15) is 78.3 Å². The molecule has 244 valence electrons. The molecule has 0 aliphatic heterocycles. The first kappa shape index (κ1) is 37.6. The summed E-state index contributed by atoms with van der Waals surface area (Å²) in [6.07, 6.45) is 3.98. The fourth-order valence-electron chi connectivity index (χ4n) is 4.68. The number of amides is 2. The molecule has 7 N–H and O–H groups in total. The molecule has 15 heteroatoms. The first-order valence-corrected chi connectivity index (χ1v) is 14.9. The molecule has 43 heavy (non-hydrogen) atoms. The number of hydrogen-bond acceptors (Lipinski definition) is 10. The van der Waals surface area contributed by atoms with Gasteiger partial charge in [-0.15, -0.1) is 5.10 Å². The first-order chi connectivity index (χ1) is 20.3. The molecule has 1 heterocycles. The van der Waals surface area contributed by atoms with E-state index >= 15 is 0 Å². The highest BCUT2D eigenvalue weighted by Crippen LogP contribution is 2.14. The smallest absolute Gasteiger partial charge is 0.328 e. The lowest BCUT2D eigenvalue weighted by Gasteiger charge is -2.24. The fraction of sp³-hybridized carbons (Fsp3) is 0.750. The van der Waals surface area contributed by atoms with E-state index in [9.17, 15) is 39.3 Å². The summed E-state index contributed by atoms with van der Waals surface area (Å²) in [6, 6.07) is -3.78. The maximum Gasteiger partial charge on any atom is 0.328 e. The van der Waals surface area contributed by atoms with Gasteiger partial charge in [0.25, 0.3) is 0 Å². The maximum absolute atomic E-state index is 13.2. The minimum absolute atomic E-state index is 0.112. The molecule has 1 unspecified atom stereocenters. The lowest BCUT2D eigenvalue weighted by Crippen LogP contribution is -2.53. The normalized spacial score (nSPS) is 15.5. The summed E-state index contributed by atoms with van der Waals surface area (Å²) in [5, 5.41) is 47.1. The summed E-state index contributed by atoms with van der Waals surface area (Å²) in [6.45, 7) is 7.77. The second-order valence-corrected chi connectivity index (χ2v) is 10.8. The quantitative estimate of drug-likeness (QED) is 0.0803. The molecule has 0 saturated carbocycles. The number of rotatable bonds is 23. The van der Waals surface area contributed by atoms with Gasteiger partial charge in [0, 0.05) is 18.7 Å². The first-order valence-electron chi connectivity index (χ1n) is 14.9. The number of aliphatic hydroxyl groups is 1. The van der Waals surface area contributed by atoms with Crippen molar-refractivity contribution < 1.29 is 39.3 Å². The molecule has 1 aromatic heterocycles. The molecule has 0 aliphatic rings. The zero-order valence-corrected chi connectivity index (χ0v) is 25.8. The Bertz CT molecular complexity index is 1050. The van der Waals surface area contributed by atoms with Crippen LogP contribution in [0.15, 0.2) is 6.20 Å². The number of carboxylic acid groups (broad SMARTS) is 2. The van der Waals surface area contributed by atoms with Gasteiger partial charge < -0.3 is 36.6 Å². The van der Waals surface area contributed by atoms with Gasteiger partial charge in [0.1, 0.15) is 0 Å². The summed E-state index contributed by atoms with van der Waals surface area (Å²) in [4.78, 5) is 60.9. The standard InChI is InChI=1S/C28H49N7O8/c1-6-10-17(3)25(39)20(31-27(41)22(30-7-2)15-23(37)38)13-12-19-16-35(34-33-19)14-9-8-11-21(29-5)26(40)32-24(18(4)36)28(42)43/h16-18,20-22,24,29-30,36H,6-15H2,1-5H3,(H,31,41)(H,32,40)(H,37,38)(H,42,43)/t17?,18-,20+,21+,22+,24+/m1/s1. The summed E-state index contributed by atoms with van der Waals surface area (Å²) in [7, 11) is 1.60. The molecule has 0 spiro atoms. The van der Waals surface area contributed by atoms with Crippen LogP contribution in [-0.2, 0) is 36.9 Å². The van der Waals surface area contributed by atoms with Gasteiger partial charge in [-0.3, -0.25) is 23.9 Å². The monoisotopic (exact) mass is 611 g/mol. The number of aryl methyl sites for hydroxylation is 2. The summed E-state index contributed by atoms with van der Waals surface area (Å²) < 4.78 is 1.65. The lowest BCUT2D eigenvalue weighted by molar-refractivity contribution is -0.145. The Morgan fingerprint density at radius 1 is 0.930 bits per heavy atom. The van der Waals surface area contributed by atoms with Crippen LogP contribution in [0.4, 0.5) is 0 Å². The van der Waals surface area contributed by atoms with Crippen molar-refractivity contribution in [3.05, 3.63) is 11.9 Å². The van der Waals surface area contributed by atoms with Crippen LogP contribution in [0.2, 0.25) is 0 Å². The fourth-order valence-corrected chi connectivity index (χ4v) is 4.68. The van der Waals surface area contributed by atoms with Crippen molar-refractivity contribution in [1.82, 2.24) is 36.3 Å². The molecule has 1 rings (SSSR count). The number of aliphatic carboxylic acids is 2. The van der Waals surface area contributed by atoms with Crippen LogP contribution >= 0.6 is 0 Å².